The van der Waals surface area contributed by atoms with E-state index in [2.05, 4.69) is 4.72 Å². The molecular weight excluding hydrogens is 344 g/mol. The molecule has 8 heteroatoms. The third-order valence-electron chi connectivity index (χ3n) is 3.13. The van der Waals surface area contributed by atoms with E-state index in [4.69, 9.17) is 4.74 Å². The normalized spacial score (nSPS) is 15.2. The van der Waals surface area contributed by atoms with Crippen molar-refractivity contribution >= 4 is 29.7 Å². The summed E-state index contributed by atoms with van der Waals surface area (Å²) in [6.45, 7) is 4.53. The fourth-order valence-corrected chi connectivity index (χ4v) is 2.69. The monoisotopic (exact) mass is 364 g/mol. The van der Waals surface area contributed by atoms with Gasteiger partial charge in [0, 0.05) is 4.90 Å². The number of hydrogen-bond donors (Lipinski definition) is 2. The van der Waals surface area contributed by atoms with Gasteiger partial charge in [-0.1, -0.05) is 18.2 Å². The number of ether oxygens (including phenoxy) is 1. The maximum atomic E-state index is 12.2. The number of hydrogen-bond acceptors (Lipinski definition) is 6. The topological polar surface area (TPSA) is 95.9 Å². The highest BCUT2D eigenvalue weighted by Gasteiger charge is 2.34. The Morgan fingerprint density at radius 3 is 2.40 bits per heavy atom. The van der Waals surface area contributed by atoms with Crippen molar-refractivity contribution in [3.05, 3.63) is 41.7 Å². The molecule has 25 heavy (non-hydrogen) atoms. The molecule has 1 aliphatic heterocycles. The van der Waals surface area contributed by atoms with Crippen LogP contribution in [0.3, 0.4) is 0 Å². The third kappa shape index (κ3) is 5.25. The Labute approximate surface area is 150 Å². The molecule has 1 aliphatic rings. The van der Waals surface area contributed by atoms with Crippen molar-refractivity contribution in [1.29, 1.82) is 0 Å². The van der Waals surface area contributed by atoms with Crippen LogP contribution in [0.1, 0.15) is 20.8 Å². The van der Waals surface area contributed by atoms with Gasteiger partial charge in [0.25, 0.3) is 5.91 Å². The first kappa shape index (κ1) is 18.9. The fourth-order valence-electron chi connectivity index (χ4n) is 2.09. The van der Waals surface area contributed by atoms with E-state index < -0.39 is 29.1 Å². The van der Waals surface area contributed by atoms with E-state index in [0.717, 1.165) is 21.7 Å². The lowest BCUT2D eigenvalue weighted by Crippen LogP contribution is -2.46. The number of Topliss-reactive ketones (excluding diaryl/α,β-unsaturated/α-hetero) is 1. The minimum Gasteiger partial charge on any atom is -0.509 e. The molecule has 2 amide bonds. The van der Waals surface area contributed by atoms with Gasteiger partial charge in [-0.15, -0.1) is 0 Å². The van der Waals surface area contributed by atoms with Crippen LogP contribution in [-0.2, 0) is 14.3 Å². The number of aliphatic hydroxyl groups is 1. The summed E-state index contributed by atoms with van der Waals surface area (Å²) in [6, 6.07) is 9.07. The lowest BCUT2D eigenvalue weighted by Gasteiger charge is -2.29. The van der Waals surface area contributed by atoms with Crippen LogP contribution < -0.4 is 4.72 Å². The number of nitrogens with one attached hydrogen (secondary N) is 1. The Bertz CT molecular complexity index is 709. The van der Waals surface area contributed by atoms with Crippen LogP contribution >= 0.6 is 11.9 Å². The van der Waals surface area contributed by atoms with Gasteiger partial charge in [-0.2, -0.15) is 0 Å². The molecule has 1 aromatic rings. The second kappa shape index (κ2) is 7.60. The summed E-state index contributed by atoms with van der Waals surface area (Å²) in [7, 11) is 0. The largest absolute Gasteiger partial charge is 0.509 e. The van der Waals surface area contributed by atoms with Crippen LogP contribution in [0.25, 0.3) is 0 Å². The van der Waals surface area contributed by atoms with Crippen LogP contribution in [0.4, 0.5) is 4.79 Å². The summed E-state index contributed by atoms with van der Waals surface area (Å²) in [5.74, 6) is -1.78. The molecule has 0 unspecified atom stereocenters. The first-order valence-corrected chi connectivity index (χ1v) is 8.44. The SMILES string of the molecule is CC(C)(C)OC(=O)N1CC(=O)C(C(=O)NSc2ccccc2)=C(O)C1. The highest BCUT2D eigenvalue weighted by Crippen LogP contribution is 2.19. The Kier molecular flexibility index (Phi) is 5.73. The van der Waals surface area contributed by atoms with Crippen molar-refractivity contribution in [2.24, 2.45) is 0 Å². The van der Waals surface area contributed by atoms with Gasteiger partial charge < -0.3 is 9.84 Å². The molecule has 0 fully saturated rings. The van der Waals surface area contributed by atoms with Gasteiger partial charge in [-0.3, -0.25) is 19.2 Å². The standard InChI is InChI=1S/C17H20N2O5S/c1-17(2,3)24-16(23)19-9-12(20)14(13(21)10-19)15(22)18-25-11-7-5-4-6-8-11/h4-8,20H,9-10H2,1-3H3,(H,18,22). The first-order valence-electron chi connectivity index (χ1n) is 7.63. The quantitative estimate of drug-likeness (QED) is 0.632. The summed E-state index contributed by atoms with van der Waals surface area (Å²) < 4.78 is 7.69. The number of nitrogens with zero attached hydrogens (tertiary/aromatic N) is 1. The predicted molar refractivity (Wildman–Crippen MR) is 92.9 cm³/mol. The van der Waals surface area contributed by atoms with Crippen molar-refractivity contribution in [1.82, 2.24) is 9.62 Å². The molecule has 0 aromatic heterocycles. The van der Waals surface area contributed by atoms with Crippen LogP contribution in [0.15, 0.2) is 46.6 Å². The number of ketones is 1. The molecule has 1 heterocycles. The number of benzene rings is 1. The minimum absolute atomic E-state index is 0.251. The molecule has 0 saturated heterocycles. The van der Waals surface area contributed by atoms with E-state index >= 15 is 0 Å². The number of aliphatic hydroxyl groups excluding tert-OH is 1. The van der Waals surface area contributed by atoms with Crippen LogP contribution in [-0.4, -0.2) is 46.5 Å². The zero-order valence-electron chi connectivity index (χ0n) is 14.2. The number of carbonyl (C=O) groups excluding carboxylic acids is 3. The van der Waals surface area contributed by atoms with Crippen molar-refractivity contribution < 1.29 is 24.2 Å². The highest BCUT2D eigenvalue weighted by molar-refractivity contribution is 7.98. The van der Waals surface area contributed by atoms with Gasteiger partial charge in [-0.05, 0) is 44.9 Å². The average Bonchev–Trinajstić information content (AvgIpc) is 2.51. The van der Waals surface area contributed by atoms with Gasteiger partial charge in [0.1, 0.15) is 16.9 Å². The van der Waals surface area contributed by atoms with E-state index in [-0.39, 0.29) is 18.7 Å². The number of rotatable bonds is 3. The Morgan fingerprint density at radius 2 is 1.84 bits per heavy atom. The van der Waals surface area contributed by atoms with E-state index in [9.17, 15) is 19.5 Å². The molecular formula is C17H20N2O5S. The fraction of sp³-hybridized carbons (Fsp3) is 0.353. The molecule has 7 nitrogen and oxygen atoms in total. The molecule has 0 atom stereocenters. The summed E-state index contributed by atoms with van der Waals surface area (Å²) in [5.41, 5.74) is -1.05. The molecule has 0 spiro atoms. The van der Waals surface area contributed by atoms with E-state index in [0.29, 0.717) is 0 Å². The van der Waals surface area contributed by atoms with Crippen molar-refractivity contribution in [3.8, 4) is 0 Å². The molecule has 0 radical (unpaired) electrons. The lowest BCUT2D eigenvalue weighted by molar-refractivity contribution is -0.123. The molecule has 0 saturated carbocycles. The summed E-state index contributed by atoms with van der Waals surface area (Å²) in [4.78, 5) is 38.2. The first-order chi connectivity index (χ1) is 11.7. The average molecular weight is 364 g/mol. The molecule has 0 bridgehead atoms. The van der Waals surface area contributed by atoms with Crippen molar-refractivity contribution in [2.45, 2.75) is 31.3 Å². The minimum atomic E-state index is -0.719. The van der Waals surface area contributed by atoms with E-state index in [1.807, 2.05) is 18.2 Å². The molecule has 2 N–H and O–H groups in total. The van der Waals surface area contributed by atoms with Crippen molar-refractivity contribution in [2.75, 3.05) is 13.1 Å². The van der Waals surface area contributed by atoms with Gasteiger partial charge in [0.15, 0.2) is 5.78 Å². The molecule has 134 valence electrons. The lowest BCUT2D eigenvalue weighted by atomic mass is 10.1. The van der Waals surface area contributed by atoms with Crippen molar-refractivity contribution in [3.63, 3.8) is 0 Å². The maximum absolute atomic E-state index is 12.2. The highest BCUT2D eigenvalue weighted by atomic mass is 32.2. The maximum Gasteiger partial charge on any atom is 0.411 e. The van der Waals surface area contributed by atoms with Gasteiger partial charge >= 0.3 is 6.09 Å². The summed E-state index contributed by atoms with van der Waals surface area (Å²) in [5, 5.41) is 10.1. The predicted octanol–water partition coefficient (Wildman–Crippen LogP) is 2.44. The van der Waals surface area contributed by atoms with Gasteiger partial charge in [-0.25, -0.2) is 4.79 Å². The van der Waals surface area contributed by atoms with Gasteiger partial charge in [0.05, 0.1) is 13.1 Å². The molecule has 2 rings (SSSR count). The summed E-state index contributed by atoms with van der Waals surface area (Å²) >= 11 is 1.04. The zero-order valence-corrected chi connectivity index (χ0v) is 15.1. The van der Waals surface area contributed by atoms with E-state index in [1.54, 1.807) is 32.9 Å². The number of carbonyl (C=O) groups is 3. The second-order valence-electron chi connectivity index (χ2n) is 6.43. The third-order valence-corrected chi connectivity index (χ3v) is 3.92. The van der Waals surface area contributed by atoms with Gasteiger partial charge in [0.2, 0.25) is 0 Å². The second-order valence-corrected chi connectivity index (χ2v) is 7.31. The molecule has 0 aliphatic carbocycles. The van der Waals surface area contributed by atoms with Crippen LogP contribution in [0.5, 0.6) is 0 Å². The Balaban J connectivity index is 2.03. The van der Waals surface area contributed by atoms with E-state index in [1.165, 1.54) is 0 Å². The van der Waals surface area contributed by atoms with Crippen LogP contribution in [0.2, 0.25) is 0 Å². The van der Waals surface area contributed by atoms with Crippen LogP contribution in [0, 0.1) is 0 Å². The summed E-state index contributed by atoms with van der Waals surface area (Å²) in [6.07, 6.45) is -0.717. The Hall–Kier alpha value is -2.48. The smallest absolute Gasteiger partial charge is 0.411 e. The Morgan fingerprint density at radius 1 is 1.20 bits per heavy atom. The molecule has 1 aromatic carbocycles. The number of amides is 2. The zero-order chi connectivity index (χ0) is 18.6.